The normalized spacial score (nSPS) is 25.2. The minimum atomic E-state index is -5.49. The van der Waals surface area contributed by atoms with E-state index < -0.39 is 18.0 Å². The van der Waals surface area contributed by atoms with E-state index >= 15 is 0 Å². The van der Waals surface area contributed by atoms with Crippen LogP contribution in [0.5, 0.6) is 0 Å². The van der Waals surface area contributed by atoms with Gasteiger partial charge in [-0.15, -0.1) is 0 Å². The zero-order valence-corrected chi connectivity index (χ0v) is 8.06. The summed E-state index contributed by atoms with van der Waals surface area (Å²) in [7, 11) is 0. The monoisotopic (exact) mass is 237 g/mol. The van der Waals surface area contributed by atoms with E-state index in [-0.39, 0.29) is 12.8 Å². The molecule has 0 fully saturated rings. The minimum Gasteiger partial charge on any atom is -0.261 e. The fourth-order valence-electron chi connectivity index (χ4n) is 1.83. The Morgan fingerprint density at radius 3 is 2.50 bits per heavy atom. The van der Waals surface area contributed by atoms with Crippen molar-refractivity contribution in [3.05, 3.63) is 23.9 Å². The number of allylic oxidation sites excluding steroid dienone is 3. The first kappa shape index (κ1) is 11.3. The SMILES string of the molecule is FC(F)(F)C(F)(F)C1CC=C2C=CN=C2C1. The summed E-state index contributed by atoms with van der Waals surface area (Å²) in [5.74, 6) is -6.39. The van der Waals surface area contributed by atoms with Crippen LogP contribution in [0.3, 0.4) is 0 Å². The van der Waals surface area contributed by atoms with E-state index in [0.29, 0.717) is 11.3 Å². The van der Waals surface area contributed by atoms with Crippen LogP contribution in [0, 0.1) is 5.92 Å². The molecule has 0 bridgehead atoms. The molecule has 0 spiro atoms. The molecule has 0 aromatic heterocycles. The van der Waals surface area contributed by atoms with Crippen LogP contribution in [0.4, 0.5) is 22.0 Å². The summed E-state index contributed by atoms with van der Waals surface area (Å²) in [5, 5.41) is 0. The van der Waals surface area contributed by atoms with Crippen LogP contribution in [0.1, 0.15) is 12.8 Å². The van der Waals surface area contributed by atoms with Crippen molar-refractivity contribution in [1.82, 2.24) is 0 Å². The molecule has 1 aliphatic heterocycles. The molecule has 1 heterocycles. The predicted molar refractivity (Wildman–Crippen MR) is 48.4 cm³/mol. The molecule has 1 nitrogen and oxygen atoms in total. The van der Waals surface area contributed by atoms with E-state index in [1.807, 2.05) is 0 Å². The molecule has 6 heteroatoms. The fraction of sp³-hybridized carbons (Fsp3) is 0.500. The second kappa shape index (κ2) is 3.40. The Kier molecular flexibility index (Phi) is 2.40. The second-order valence-electron chi connectivity index (χ2n) is 3.81. The largest absolute Gasteiger partial charge is 0.453 e. The highest BCUT2D eigenvalue weighted by molar-refractivity contribution is 6.05. The van der Waals surface area contributed by atoms with E-state index in [9.17, 15) is 22.0 Å². The third-order valence-corrected chi connectivity index (χ3v) is 2.77. The molecule has 0 radical (unpaired) electrons. The van der Waals surface area contributed by atoms with Gasteiger partial charge in [-0.2, -0.15) is 22.0 Å². The van der Waals surface area contributed by atoms with Crippen LogP contribution >= 0.6 is 0 Å². The molecule has 88 valence electrons. The van der Waals surface area contributed by atoms with Crippen LogP contribution in [-0.4, -0.2) is 17.8 Å². The highest BCUT2D eigenvalue weighted by atomic mass is 19.4. The third kappa shape index (κ3) is 1.66. The summed E-state index contributed by atoms with van der Waals surface area (Å²) >= 11 is 0. The van der Waals surface area contributed by atoms with E-state index in [2.05, 4.69) is 4.99 Å². The van der Waals surface area contributed by atoms with Gasteiger partial charge in [0, 0.05) is 17.8 Å². The van der Waals surface area contributed by atoms with Crippen LogP contribution in [0.2, 0.25) is 0 Å². The van der Waals surface area contributed by atoms with Crippen LogP contribution in [0.25, 0.3) is 0 Å². The molecule has 0 N–H and O–H groups in total. The first-order valence-electron chi connectivity index (χ1n) is 4.70. The zero-order valence-electron chi connectivity index (χ0n) is 8.06. The molecule has 1 atom stereocenters. The summed E-state index contributed by atoms with van der Waals surface area (Å²) in [6, 6.07) is 0. The van der Waals surface area contributed by atoms with Gasteiger partial charge in [0.15, 0.2) is 0 Å². The molecule has 0 saturated carbocycles. The van der Waals surface area contributed by atoms with Crippen molar-refractivity contribution in [2.45, 2.75) is 24.9 Å². The van der Waals surface area contributed by atoms with Gasteiger partial charge in [0.25, 0.3) is 0 Å². The number of nitrogens with zero attached hydrogens (tertiary/aromatic N) is 1. The van der Waals surface area contributed by atoms with Crippen LogP contribution in [-0.2, 0) is 0 Å². The maximum absolute atomic E-state index is 13.0. The van der Waals surface area contributed by atoms with Gasteiger partial charge in [0.2, 0.25) is 0 Å². The van der Waals surface area contributed by atoms with Crippen molar-refractivity contribution in [2.24, 2.45) is 10.9 Å². The minimum absolute atomic E-state index is 0.273. The first-order chi connectivity index (χ1) is 7.32. The van der Waals surface area contributed by atoms with Crippen molar-refractivity contribution in [1.29, 1.82) is 0 Å². The summed E-state index contributed by atoms with van der Waals surface area (Å²) in [6.45, 7) is 0. The molecule has 1 unspecified atom stereocenters. The van der Waals surface area contributed by atoms with Crippen LogP contribution in [0.15, 0.2) is 28.9 Å². The quantitative estimate of drug-likeness (QED) is 0.619. The first-order valence-corrected chi connectivity index (χ1v) is 4.70. The maximum Gasteiger partial charge on any atom is 0.453 e. The molecule has 2 rings (SSSR count). The number of hydrogen-bond acceptors (Lipinski definition) is 1. The molecular weight excluding hydrogens is 229 g/mol. The summed E-state index contributed by atoms with van der Waals surface area (Å²) in [5.41, 5.74) is 0.981. The number of hydrogen-bond donors (Lipinski definition) is 0. The van der Waals surface area contributed by atoms with Gasteiger partial charge in [-0.3, -0.25) is 4.99 Å². The van der Waals surface area contributed by atoms with Crippen molar-refractivity contribution in [2.75, 3.05) is 0 Å². The number of alkyl halides is 5. The lowest BCUT2D eigenvalue weighted by Gasteiger charge is -2.30. The Morgan fingerprint density at radius 2 is 1.88 bits per heavy atom. The van der Waals surface area contributed by atoms with E-state index in [0.717, 1.165) is 0 Å². The Labute approximate surface area is 88.4 Å². The molecule has 16 heavy (non-hydrogen) atoms. The average Bonchev–Trinajstić information content (AvgIpc) is 2.61. The Hall–Kier alpha value is -1.20. The molecule has 2 aliphatic rings. The highest BCUT2D eigenvalue weighted by Crippen LogP contribution is 2.46. The second-order valence-corrected chi connectivity index (χ2v) is 3.81. The van der Waals surface area contributed by atoms with Gasteiger partial charge in [-0.05, 0) is 24.5 Å². The molecule has 0 saturated heterocycles. The maximum atomic E-state index is 13.0. The standard InChI is InChI=1S/C10H8F5N/c11-9(12,10(13,14)15)7-2-1-6-3-4-16-8(6)5-7/h1,3-4,7H,2,5H2. The average molecular weight is 237 g/mol. The van der Waals surface area contributed by atoms with Crippen molar-refractivity contribution >= 4 is 5.71 Å². The number of rotatable bonds is 1. The van der Waals surface area contributed by atoms with Gasteiger partial charge in [0.1, 0.15) is 0 Å². The predicted octanol–water partition coefficient (Wildman–Crippen LogP) is 3.49. The molecule has 0 aromatic carbocycles. The Balaban J connectivity index is 2.21. The summed E-state index contributed by atoms with van der Waals surface area (Å²) < 4.78 is 62.5. The summed E-state index contributed by atoms with van der Waals surface area (Å²) in [6.07, 6.45) is -1.69. The van der Waals surface area contributed by atoms with Crippen LogP contribution < -0.4 is 0 Å². The van der Waals surface area contributed by atoms with Gasteiger partial charge in [0.05, 0.1) is 0 Å². The lowest BCUT2D eigenvalue weighted by molar-refractivity contribution is -0.301. The summed E-state index contributed by atoms with van der Waals surface area (Å²) in [4.78, 5) is 3.77. The van der Waals surface area contributed by atoms with Gasteiger partial charge >= 0.3 is 12.1 Å². The van der Waals surface area contributed by atoms with Crippen molar-refractivity contribution in [3.63, 3.8) is 0 Å². The topological polar surface area (TPSA) is 12.4 Å². The third-order valence-electron chi connectivity index (χ3n) is 2.77. The van der Waals surface area contributed by atoms with Gasteiger partial charge in [-0.1, -0.05) is 6.08 Å². The van der Waals surface area contributed by atoms with E-state index in [1.165, 1.54) is 12.3 Å². The fourth-order valence-corrected chi connectivity index (χ4v) is 1.83. The number of halogens is 5. The van der Waals surface area contributed by atoms with Crippen molar-refractivity contribution < 1.29 is 22.0 Å². The molecule has 1 aliphatic carbocycles. The molecule has 0 aromatic rings. The Morgan fingerprint density at radius 1 is 1.19 bits per heavy atom. The lowest BCUT2D eigenvalue weighted by atomic mass is 9.84. The van der Waals surface area contributed by atoms with Gasteiger partial charge < -0.3 is 0 Å². The number of fused-ring (bicyclic) bond motifs is 1. The lowest BCUT2D eigenvalue weighted by Crippen LogP contribution is -2.45. The Bertz CT molecular complexity index is 389. The van der Waals surface area contributed by atoms with E-state index in [1.54, 1.807) is 6.08 Å². The molecule has 0 amide bonds. The van der Waals surface area contributed by atoms with Gasteiger partial charge in [-0.25, -0.2) is 0 Å². The highest BCUT2D eigenvalue weighted by Gasteiger charge is 2.62. The smallest absolute Gasteiger partial charge is 0.261 e. The number of aliphatic imine (C=N–C) groups is 1. The van der Waals surface area contributed by atoms with E-state index in [4.69, 9.17) is 0 Å². The van der Waals surface area contributed by atoms with Crippen molar-refractivity contribution in [3.8, 4) is 0 Å². The zero-order chi connectivity index (χ0) is 12.0. The molecular formula is C10H8F5N.